The summed E-state index contributed by atoms with van der Waals surface area (Å²) in [5.74, 6) is -0.695. The van der Waals surface area contributed by atoms with Crippen LogP contribution < -0.4 is 10.6 Å². The second-order valence-corrected chi connectivity index (χ2v) is 7.35. The summed E-state index contributed by atoms with van der Waals surface area (Å²) in [6.45, 7) is 0. The average molecular weight is 370 g/mol. The number of carbonyl (C=O) groups is 2. The van der Waals surface area contributed by atoms with Gasteiger partial charge < -0.3 is 10.6 Å². The smallest absolute Gasteiger partial charge is 0.228 e. The molecule has 25 heavy (non-hydrogen) atoms. The highest BCUT2D eigenvalue weighted by Crippen LogP contribution is 2.34. The number of thiophene rings is 1. The summed E-state index contributed by atoms with van der Waals surface area (Å²) in [5.41, 5.74) is 5.09. The summed E-state index contributed by atoms with van der Waals surface area (Å²) in [6, 6.07) is 3.63. The molecular formula is C17H14N4O2S2. The molecule has 8 heteroatoms. The monoisotopic (exact) mass is 370 g/mol. The van der Waals surface area contributed by atoms with Crippen LogP contribution in [0.5, 0.6) is 0 Å². The number of carbonyl (C=O) groups excluding carboxylic acids is 2. The van der Waals surface area contributed by atoms with Crippen molar-refractivity contribution < 1.29 is 9.59 Å². The maximum Gasteiger partial charge on any atom is 0.228 e. The van der Waals surface area contributed by atoms with Crippen molar-refractivity contribution in [3.8, 4) is 10.6 Å². The van der Waals surface area contributed by atoms with E-state index in [1.165, 1.54) is 22.7 Å². The minimum Gasteiger partial charge on any atom is -0.325 e. The van der Waals surface area contributed by atoms with E-state index in [4.69, 9.17) is 0 Å². The maximum absolute atomic E-state index is 12.4. The minimum atomic E-state index is -0.391. The molecule has 2 N–H and O–H groups in total. The first kappa shape index (κ1) is 15.9. The normalized spacial score (nSPS) is 16.2. The van der Waals surface area contributed by atoms with Gasteiger partial charge >= 0.3 is 0 Å². The Morgan fingerprint density at radius 3 is 3.16 bits per heavy atom. The first-order valence-corrected chi connectivity index (χ1v) is 9.52. The molecule has 3 aromatic heterocycles. The molecule has 0 saturated heterocycles. The Bertz CT molecular complexity index is 920. The van der Waals surface area contributed by atoms with Crippen molar-refractivity contribution >= 4 is 45.9 Å². The summed E-state index contributed by atoms with van der Waals surface area (Å²) in [6.07, 6.45) is 4.03. The highest BCUT2D eigenvalue weighted by atomic mass is 32.1. The molecule has 6 nitrogen and oxygen atoms in total. The first-order valence-electron chi connectivity index (χ1n) is 7.70. The van der Waals surface area contributed by atoms with Crippen molar-refractivity contribution in [3.63, 3.8) is 0 Å². The maximum atomic E-state index is 12.4. The average Bonchev–Trinajstić information content (AvgIpc) is 3.26. The number of pyridine rings is 1. The van der Waals surface area contributed by atoms with E-state index >= 15 is 0 Å². The summed E-state index contributed by atoms with van der Waals surface area (Å²) >= 11 is 3.04. The minimum absolute atomic E-state index is 0.126. The van der Waals surface area contributed by atoms with Crippen molar-refractivity contribution in [3.05, 3.63) is 46.4 Å². The molecule has 126 valence electrons. The van der Waals surface area contributed by atoms with Crippen LogP contribution in [0.15, 0.2) is 40.8 Å². The van der Waals surface area contributed by atoms with E-state index in [0.29, 0.717) is 6.42 Å². The molecule has 0 aliphatic carbocycles. The standard InChI is InChI=1S/C17H14N4O2S2/c22-15(20-13-2-4-25-16(13)14-8-24-9-19-14)6-10-5-11-7-18-3-1-12(11)21-17(10)23/h1-4,7-10H,5-6H2,(H,20,22)(H,21,23). The Morgan fingerprint density at radius 2 is 2.32 bits per heavy atom. The fourth-order valence-electron chi connectivity index (χ4n) is 2.83. The van der Waals surface area contributed by atoms with E-state index in [-0.39, 0.29) is 18.2 Å². The second-order valence-electron chi connectivity index (χ2n) is 5.71. The number of rotatable bonds is 4. The molecule has 0 aromatic carbocycles. The molecule has 0 radical (unpaired) electrons. The van der Waals surface area contributed by atoms with Gasteiger partial charge in [-0.25, -0.2) is 4.98 Å². The number of anilines is 2. The van der Waals surface area contributed by atoms with Crippen molar-refractivity contribution in [2.24, 2.45) is 5.92 Å². The topological polar surface area (TPSA) is 84.0 Å². The van der Waals surface area contributed by atoms with Gasteiger partial charge in [-0.05, 0) is 29.5 Å². The Morgan fingerprint density at radius 1 is 1.40 bits per heavy atom. The molecule has 1 atom stereocenters. The number of hydrogen-bond donors (Lipinski definition) is 2. The van der Waals surface area contributed by atoms with Gasteiger partial charge in [-0.15, -0.1) is 22.7 Å². The zero-order valence-corrected chi connectivity index (χ0v) is 14.7. The van der Waals surface area contributed by atoms with Gasteiger partial charge in [0.2, 0.25) is 11.8 Å². The van der Waals surface area contributed by atoms with Gasteiger partial charge in [0.1, 0.15) is 0 Å². The number of aromatic nitrogens is 2. The molecule has 1 aliphatic rings. The van der Waals surface area contributed by atoms with Crippen LogP contribution in [0.1, 0.15) is 12.0 Å². The van der Waals surface area contributed by atoms with Crippen LogP contribution in [-0.4, -0.2) is 21.8 Å². The van der Waals surface area contributed by atoms with Crippen LogP contribution in [0.4, 0.5) is 11.4 Å². The molecule has 4 rings (SSSR count). The van der Waals surface area contributed by atoms with Crippen molar-refractivity contribution in [1.29, 1.82) is 0 Å². The highest BCUT2D eigenvalue weighted by molar-refractivity contribution is 7.14. The van der Waals surface area contributed by atoms with Crippen LogP contribution >= 0.6 is 22.7 Å². The predicted octanol–water partition coefficient (Wildman–Crippen LogP) is 3.41. The highest BCUT2D eigenvalue weighted by Gasteiger charge is 2.28. The molecule has 3 aromatic rings. The van der Waals surface area contributed by atoms with E-state index in [2.05, 4.69) is 20.6 Å². The molecule has 0 saturated carbocycles. The third kappa shape index (κ3) is 3.31. The van der Waals surface area contributed by atoms with Gasteiger partial charge in [-0.1, -0.05) is 0 Å². The number of fused-ring (bicyclic) bond motifs is 1. The quantitative estimate of drug-likeness (QED) is 0.737. The van der Waals surface area contributed by atoms with Crippen molar-refractivity contribution in [2.75, 3.05) is 10.6 Å². The Labute approximate surface area is 152 Å². The summed E-state index contributed by atoms with van der Waals surface area (Å²) in [7, 11) is 0. The van der Waals surface area contributed by atoms with Crippen molar-refractivity contribution in [2.45, 2.75) is 12.8 Å². The molecule has 1 aliphatic heterocycles. The van der Waals surface area contributed by atoms with Gasteiger partial charge in [0, 0.05) is 29.9 Å². The van der Waals surface area contributed by atoms with Crippen LogP contribution in [-0.2, 0) is 16.0 Å². The van der Waals surface area contributed by atoms with E-state index in [1.54, 1.807) is 24.0 Å². The lowest BCUT2D eigenvalue weighted by atomic mass is 9.91. The number of hydrogen-bond acceptors (Lipinski definition) is 6. The number of nitrogens with one attached hydrogen (secondary N) is 2. The zero-order valence-electron chi connectivity index (χ0n) is 13.1. The third-order valence-electron chi connectivity index (χ3n) is 4.03. The van der Waals surface area contributed by atoms with Gasteiger partial charge in [0.05, 0.1) is 27.7 Å². The number of nitrogens with zero attached hydrogens (tertiary/aromatic N) is 2. The molecule has 1 unspecified atom stereocenters. The lowest BCUT2D eigenvalue weighted by molar-refractivity contribution is -0.125. The predicted molar refractivity (Wildman–Crippen MR) is 98.7 cm³/mol. The number of amides is 2. The molecule has 0 spiro atoms. The largest absolute Gasteiger partial charge is 0.325 e. The molecular weight excluding hydrogens is 356 g/mol. The van der Waals surface area contributed by atoms with Gasteiger partial charge in [-0.3, -0.25) is 14.6 Å². The van der Waals surface area contributed by atoms with Crippen molar-refractivity contribution in [1.82, 2.24) is 9.97 Å². The van der Waals surface area contributed by atoms with E-state index in [9.17, 15) is 9.59 Å². The van der Waals surface area contributed by atoms with Crippen LogP contribution in [0, 0.1) is 5.92 Å². The SMILES string of the molecule is O=C(CC1Cc2cnccc2NC1=O)Nc1ccsc1-c1cscn1. The van der Waals surface area contributed by atoms with E-state index in [1.807, 2.05) is 16.8 Å². The van der Waals surface area contributed by atoms with Gasteiger partial charge in [0.15, 0.2) is 0 Å². The molecule has 0 bridgehead atoms. The molecule has 0 fully saturated rings. The first-order chi connectivity index (χ1) is 12.2. The summed E-state index contributed by atoms with van der Waals surface area (Å²) < 4.78 is 0. The van der Waals surface area contributed by atoms with Crippen LogP contribution in [0.25, 0.3) is 10.6 Å². The fraction of sp³-hybridized carbons (Fsp3) is 0.176. The second kappa shape index (κ2) is 6.73. The Hall–Kier alpha value is -2.58. The van der Waals surface area contributed by atoms with E-state index in [0.717, 1.165) is 27.5 Å². The molecule has 2 amide bonds. The Kier molecular flexibility index (Phi) is 4.29. The lowest BCUT2D eigenvalue weighted by Crippen LogP contribution is -2.33. The van der Waals surface area contributed by atoms with Crippen LogP contribution in [0.2, 0.25) is 0 Å². The third-order valence-corrected chi connectivity index (χ3v) is 5.56. The van der Waals surface area contributed by atoms with Gasteiger partial charge in [-0.2, -0.15) is 0 Å². The van der Waals surface area contributed by atoms with E-state index < -0.39 is 5.92 Å². The number of thiazole rings is 1. The fourth-order valence-corrected chi connectivity index (χ4v) is 4.26. The zero-order chi connectivity index (χ0) is 17.2. The lowest BCUT2D eigenvalue weighted by Gasteiger charge is -2.23. The van der Waals surface area contributed by atoms with Gasteiger partial charge in [0.25, 0.3) is 0 Å². The Balaban J connectivity index is 1.45. The molecule has 4 heterocycles. The summed E-state index contributed by atoms with van der Waals surface area (Å²) in [4.78, 5) is 34.0. The summed E-state index contributed by atoms with van der Waals surface area (Å²) in [5, 5.41) is 9.61. The van der Waals surface area contributed by atoms with Crippen LogP contribution in [0.3, 0.4) is 0 Å².